The van der Waals surface area contributed by atoms with Crippen LogP contribution in [-0.4, -0.2) is 5.91 Å². The molecule has 0 unspecified atom stereocenters. The van der Waals surface area contributed by atoms with Gasteiger partial charge in [0.25, 0.3) is 5.91 Å². The van der Waals surface area contributed by atoms with Gasteiger partial charge in [-0.2, -0.15) is 0 Å². The van der Waals surface area contributed by atoms with E-state index in [4.69, 9.17) is 0 Å². The van der Waals surface area contributed by atoms with Gasteiger partial charge in [-0.05, 0) is 64.8 Å². The van der Waals surface area contributed by atoms with E-state index in [-0.39, 0.29) is 11.7 Å². The molecule has 4 heteroatoms. The van der Waals surface area contributed by atoms with Crippen LogP contribution in [0, 0.1) is 12.7 Å². The quantitative estimate of drug-likeness (QED) is 0.887. The van der Waals surface area contributed by atoms with Gasteiger partial charge in [0.15, 0.2) is 0 Å². The van der Waals surface area contributed by atoms with Gasteiger partial charge in [0.1, 0.15) is 5.82 Å². The first-order chi connectivity index (χ1) is 8.56. The first-order valence-corrected chi connectivity index (χ1v) is 6.18. The molecule has 2 rings (SSSR count). The van der Waals surface area contributed by atoms with Gasteiger partial charge >= 0.3 is 0 Å². The zero-order chi connectivity index (χ0) is 13.1. The fraction of sp³-hybridized carbons (Fsp3) is 0.0714. The Morgan fingerprint density at radius 1 is 1.17 bits per heavy atom. The van der Waals surface area contributed by atoms with E-state index in [0.717, 1.165) is 10.0 Å². The standard InChI is InChI=1S/C14H11BrFNO/c1-9-2-7-13(12(15)8-9)17-14(18)10-3-5-11(16)6-4-10/h2-8H,1H3,(H,17,18). The average molecular weight is 308 g/mol. The summed E-state index contributed by atoms with van der Waals surface area (Å²) in [5.74, 6) is -0.623. The summed E-state index contributed by atoms with van der Waals surface area (Å²) in [7, 11) is 0. The largest absolute Gasteiger partial charge is 0.321 e. The molecular formula is C14H11BrFNO. The van der Waals surface area contributed by atoms with Crippen molar-refractivity contribution < 1.29 is 9.18 Å². The molecule has 0 atom stereocenters. The highest BCUT2D eigenvalue weighted by atomic mass is 79.9. The first kappa shape index (κ1) is 12.8. The second-order valence-electron chi connectivity index (χ2n) is 3.94. The van der Waals surface area contributed by atoms with Crippen molar-refractivity contribution in [3.05, 3.63) is 63.9 Å². The summed E-state index contributed by atoms with van der Waals surface area (Å²) in [6.07, 6.45) is 0. The van der Waals surface area contributed by atoms with Crippen molar-refractivity contribution in [2.24, 2.45) is 0 Å². The Labute approximate surface area is 113 Å². The number of carbonyl (C=O) groups is 1. The van der Waals surface area contributed by atoms with Gasteiger partial charge < -0.3 is 5.32 Å². The van der Waals surface area contributed by atoms with Crippen LogP contribution in [-0.2, 0) is 0 Å². The van der Waals surface area contributed by atoms with Gasteiger partial charge in [-0.3, -0.25) is 4.79 Å². The van der Waals surface area contributed by atoms with E-state index in [2.05, 4.69) is 21.2 Å². The molecule has 0 radical (unpaired) electrons. The minimum atomic E-state index is -0.358. The van der Waals surface area contributed by atoms with Gasteiger partial charge in [0.2, 0.25) is 0 Å². The molecule has 0 aromatic heterocycles. The number of carbonyl (C=O) groups excluding carboxylic acids is 1. The Hall–Kier alpha value is -1.68. The van der Waals surface area contributed by atoms with Crippen LogP contribution in [0.3, 0.4) is 0 Å². The molecular weight excluding hydrogens is 297 g/mol. The Kier molecular flexibility index (Phi) is 3.77. The minimum absolute atomic E-state index is 0.264. The predicted octanol–water partition coefficient (Wildman–Crippen LogP) is 4.15. The molecule has 0 bridgehead atoms. The van der Waals surface area contributed by atoms with Crippen molar-refractivity contribution in [2.45, 2.75) is 6.92 Å². The maximum Gasteiger partial charge on any atom is 0.255 e. The summed E-state index contributed by atoms with van der Waals surface area (Å²) in [6.45, 7) is 1.97. The molecule has 92 valence electrons. The summed E-state index contributed by atoms with van der Waals surface area (Å²) in [5, 5.41) is 2.76. The molecule has 1 amide bonds. The number of anilines is 1. The lowest BCUT2D eigenvalue weighted by molar-refractivity contribution is 0.102. The Bertz CT molecular complexity index is 581. The van der Waals surface area contributed by atoms with Gasteiger partial charge in [-0.1, -0.05) is 6.07 Å². The SMILES string of the molecule is Cc1ccc(NC(=O)c2ccc(F)cc2)c(Br)c1. The monoisotopic (exact) mass is 307 g/mol. The van der Waals surface area contributed by atoms with Crippen LogP contribution < -0.4 is 5.32 Å². The van der Waals surface area contributed by atoms with Crippen molar-refractivity contribution in [1.82, 2.24) is 0 Å². The Balaban J connectivity index is 2.18. The van der Waals surface area contributed by atoms with Crippen molar-refractivity contribution in [1.29, 1.82) is 0 Å². The normalized spacial score (nSPS) is 10.2. The summed E-state index contributed by atoms with van der Waals surface area (Å²) in [5.41, 5.74) is 2.21. The number of aryl methyl sites for hydroxylation is 1. The van der Waals surface area contributed by atoms with Crippen LogP contribution in [0.5, 0.6) is 0 Å². The van der Waals surface area contributed by atoms with Gasteiger partial charge in [0.05, 0.1) is 5.69 Å². The van der Waals surface area contributed by atoms with Crippen LogP contribution in [0.4, 0.5) is 10.1 Å². The second kappa shape index (κ2) is 5.31. The van der Waals surface area contributed by atoms with Gasteiger partial charge in [-0.15, -0.1) is 0 Å². The molecule has 0 saturated carbocycles. The summed E-state index contributed by atoms with van der Waals surface area (Å²) in [4.78, 5) is 11.9. The molecule has 0 aliphatic heterocycles. The van der Waals surface area contributed by atoms with Crippen LogP contribution in [0.25, 0.3) is 0 Å². The van der Waals surface area contributed by atoms with Gasteiger partial charge in [0, 0.05) is 10.0 Å². The van der Waals surface area contributed by atoms with Crippen LogP contribution in [0.15, 0.2) is 46.9 Å². The number of halogens is 2. The summed E-state index contributed by atoms with van der Waals surface area (Å²) < 4.78 is 13.6. The summed E-state index contributed by atoms with van der Waals surface area (Å²) >= 11 is 3.39. The Morgan fingerprint density at radius 2 is 1.83 bits per heavy atom. The average Bonchev–Trinajstić information content (AvgIpc) is 2.33. The number of amides is 1. The molecule has 2 aromatic rings. The van der Waals surface area contributed by atoms with Crippen molar-refractivity contribution in [3.8, 4) is 0 Å². The predicted molar refractivity (Wildman–Crippen MR) is 73.2 cm³/mol. The van der Waals surface area contributed by atoms with Crippen molar-refractivity contribution >= 4 is 27.5 Å². The smallest absolute Gasteiger partial charge is 0.255 e. The molecule has 1 N–H and O–H groups in total. The van der Waals surface area contributed by atoms with Crippen LogP contribution in [0.2, 0.25) is 0 Å². The van der Waals surface area contributed by atoms with Crippen molar-refractivity contribution in [2.75, 3.05) is 5.32 Å². The number of nitrogens with one attached hydrogen (secondary N) is 1. The van der Waals surface area contributed by atoms with E-state index in [1.54, 1.807) is 0 Å². The van der Waals surface area contributed by atoms with Crippen LogP contribution >= 0.6 is 15.9 Å². The fourth-order valence-electron chi connectivity index (χ4n) is 1.52. The van der Waals surface area contributed by atoms with E-state index < -0.39 is 0 Å². The zero-order valence-electron chi connectivity index (χ0n) is 9.71. The maximum absolute atomic E-state index is 12.7. The molecule has 0 spiro atoms. The molecule has 0 saturated heterocycles. The molecule has 18 heavy (non-hydrogen) atoms. The third-order valence-corrected chi connectivity index (χ3v) is 3.14. The fourth-order valence-corrected chi connectivity index (χ4v) is 2.11. The Morgan fingerprint density at radius 3 is 2.44 bits per heavy atom. The highest BCUT2D eigenvalue weighted by Crippen LogP contribution is 2.23. The van der Waals surface area contributed by atoms with Crippen molar-refractivity contribution in [3.63, 3.8) is 0 Å². The molecule has 0 aliphatic carbocycles. The minimum Gasteiger partial charge on any atom is -0.321 e. The molecule has 2 aromatic carbocycles. The number of benzene rings is 2. The zero-order valence-corrected chi connectivity index (χ0v) is 11.3. The lowest BCUT2D eigenvalue weighted by Crippen LogP contribution is -2.12. The van der Waals surface area contributed by atoms with E-state index in [1.165, 1.54) is 24.3 Å². The number of rotatable bonds is 2. The lowest BCUT2D eigenvalue weighted by Gasteiger charge is -2.08. The van der Waals surface area contributed by atoms with E-state index in [9.17, 15) is 9.18 Å². The van der Waals surface area contributed by atoms with E-state index in [0.29, 0.717) is 11.3 Å². The highest BCUT2D eigenvalue weighted by Gasteiger charge is 2.08. The molecule has 2 nitrogen and oxygen atoms in total. The van der Waals surface area contributed by atoms with Gasteiger partial charge in [-0.25, -0.2) is 4.39 Å². The second-order valence-corrected chi connectivity index (χ2v) is 4.80. The highest BCUT2D eigenvalue weighted by molar-refractivity contribution is 9.10. The third-order valence-electron chi connectivity index (χ3n) is 2.48. The number of hydrogen-bond donors (Lipinski definition) is 1. The van der Waals surface area contributed by atoms with E-state index in [1.807, 2.05) is 25.1 Å². The van der Waals surface area contributed by atoms with E-state index >= 15 is 0 Å². The first-order valence-electron chi connectivity index (χ1n) is 5.39. The van der Waals surface area contributed by atoms with Crippen LogP contribution in [0.1, 0.15) is 15.9 Å². The number of hydrogen-bond acceptors (Lipinski definition) is 1. The third kappa shape index (κ3) is 2.96. The summed E-state index contributed by atoms with van der Waals surface area (Å²) in [6, 6.07) is 11.1. The molecule has 0 fully saturated rings. The maximum atomic E-state index is 12.7. The molecule has 0 heterocycles. The molecule has 0 aliphatic rings. The topological polar surface area (TPSA) is 29.1 Å². The lowest BCUT2D eigenvalue weighted by atomic mass is 10.2.